The van der Waals surface area contributed by atoms with E-state index < -0.39 is 16.6 Å². The summed E-state index contributed by atoms with van der Waals surface area (Å²) >= 11 is 0. The zero-order valence-electron chi connectivity index (χ0n) is 19.0. The van der Waals surface area contributed by atoms with Gasteiger partial charge in [-0.1, -0.05) is 52.8 Å². The number of carbonyl (C=O) groups excluding carboxylic acids is 1. The summed E-state index contributed by atoms with van der Waals surface area (Å²) in [5, 5.41) is 1.88. The van der Waals surface area contributed by atoms with Crippen molar-refractivity contribution in [2.45, 2.75) is 97.2 Å². The zero-order chi connectivity index (χ0) is 21.0. The van der Waals surface area contributed by atoms with Gasteiger partial charge in [-0.2, -0.15) is 0 Å². The molecule has 7 heteroatoms. The molecule has 0 heterocycles. The molecule has 5 nitrogen and oxygen atoms in total. The van der Waals surface area contributed by atoms with Crippen LogP contribution in [0.3, 0.4) is 0 Å². The average molecular weight is 404 g/mol. The molecule has 0 aliphatic heterocycles. The van der Waals surface area contributed by atoms with Gasteiger partial charge in [-0.05, 0) is 49.6 Å². The van der Waals surface area contributed by atoms with Gasteiger partial charge < -0.3 is 13.8 Å². The Kier molecular flexibility index (Phi) is 8.98. The van der Waals surface area contributed by atoms with Crippen molar-refractivity contribution < 1.29 is 18.6 Å². The van der Waals surface area contributed by atoms with Crippen LogP contribution >= 0.6 is 0 Å². The Morgan fingerprint density at radius 1 is 0.962 bits per heavy atom. The maximum atomic E-state index is 11.3. The molecule has 0 aliphatic carbocycles. The highest BCUT2D eigenvalue weighted by atomic mass is 28.4. The van der Waals surface area contributed by atoms with E-state index >= 15 is 0 Å². The van der Waals surface area contributed by atoms with Crippen LogP contribution < -0.4 is 0 Å². The van der Waals surface area contributed by atoms with Crippen LogP contribution in [0.1, 0.15) is 54.9 Å². The Balaban J connectivity index is 5.47. The largest absolute Gasteiger partial charge is 0.466 e. The standard InChI is InChI=1S/C19H41NO4Si2/c1-16(14-13-15-17(21)22-8)20(23-25(9,10)18(2,3)4)24-26(11,12)19(5,6)7/h13,15-16H,14H2,1-12H3/b15-13+. The van der Waals surface area contributed by atoms with Crippen LogP contribution in [0.15, 0.2) is 12.2 Å². The van der Waals surface area contributed by atoms with E-state index in [2.05, 4.69) is 79.4 Å². The maximum absolute atomic E-state index is 11.3. The smallest absolute Gasteiger partial charge is 0.330 e. The van der Waals surface area contributed by atoms with Gasteiger partial charge in [-0.3, -0.25) is 0 Å². The van der Waals surface area contributed by atoms with Crippen LogP contribution in [0, 0.1) is 0 Å². The van der Waals surface area contributed by atoms with E-state index in [1.54, 1.807) is 5.23 Å². The first kappa shape index (κ1) is 25.5. The molecule has 26 heavy (non-hydrogen) atoms. The summed E-state index contributed by atoms with van der Waals surface area (Å²) in [6, 6.07) is -0.0147. The lowest BCUT2D eigenvalue weighted by atomic mass is 10.2. The van der Waals surface area contributed by atoms with E-state index in [1.165, 1.54) is 13.2 Å². The SMILES string of the molecule is COC(=O)/C=C/CC(C)N(O[Si](C)(C)C(C)(C)C)O[Si](C)(C)C(C)(C)C. The number of nitrogens with zero attached hydrogens (tertiary/aromatic N) is 1. The molecule has 0 N–H and O–H groups in total. The van der Waals surface area contributed by atoms with Gasteiger partial charge in [0.2, 0.25) is 16.6 Å². The van der Waals surface area contributed by atoms with Crippen LogP contribution in [0.25, 0.3) is 0 Å². The second kappa shape index (κ2) is 9.14. The highest BCUT2D eigenvalue weighted by Gasteiger charge is 2.45. The van der Waals surface area contributed by atoms with Gasteiger partial charge in [0.1, 0.15) is 0 Å². The molecule has 0 bridgehead atoms. The van der Waals surface area contributed by atoms with E-state index in [4.69, 9.17) is 9.05 Å². The van der Waals surface area contributed by atoms with E-state index in [-0.39, 0.29) is 22.1 Å². The summed E-state index contributed by atoms with van der Waals surface area (Å²) in [4.78, 5) is 11.3. The van der Waals surface area contributed by atoms with E-state index in [0.29, 0.717) is 6.42 Å². The maximum Gasteiger partial charge on any atom is 0.330 e. The second-order valence-electron chi connectivity index (χ2n) is 10.00. The van der Waals surface area contributed by atoms with Crippen molar-refractivity contribution in [3.63, 3.8) is 0 Å². The van der Waals surface area contributed by atoms with Crippen LogP contribution in [0.5, 0.6) is 0 Å². The highest BCUT2D eigenvalue weighted by molar-refractivity contribution is 6.74. The minimum absolute atomic E-state index is 0.0147. The summed E-state index contributed by atoms with van der Waals surface area (Å²) in [5.41, 5.74) is 0. The minimum Gasteiger partial charge on any atom is -0.466 e. The second-order valence-corrected chi connectivity index (χ2v) is 19.4. The molecule has 0 aromatic rings. The van der Waals surface area contributed by atoms with E-state index in [0.717, 1.165) is 0 Å². The van der Waals surface area contributed by atoms with Crippen molar-refractivity contribution >= 4 is 22.6 Å². The van der Waals surface area contributed by atoms with Crippen LogP contribution in [0.2, 0.25) is 36.3 Å². The monoisotopic (exact) mass is 403 g/mol. The summed E-state index contributed by atoms with van der Waals surface area (Å²) in [7, 11) is -2.72. The van der Waals surface area contributed by atoms with Crippen LogP contribution in [0.4, 0.5) is 0 Å². The summed E-state index contributed by atoms with van der Waals surface area (Å²) in [6.45, 7) is 24.2. The van der Waals surface area contributed by atoms with Gasteiger partial charge in [0.25, 0.3) is 0 Å². The molecular weight excluding hydrogens is 362 g/mol. The van der Waals surface area contributed by atoms with Gasteiger partial charge >= 0.3 is 5.97 Å². The molecule has 0 aromatic carbocycles. The number of rotatable bonds is 8. The lowest BCUT2D eigenvalue weighted by molar-refractivity contribution is -0.297. The minimum atomic E-state index is -2.05. The first-order chi connectivity index (χ1) is 11.4. The van der Waals surface area contributed by atoms with E-state index in [9.17, 15) is 4.79 Å². The topological polar surface area (TPSA) is 48.0 Å². The normalized spacial score (nSPS) is 15.6. The summed E-state index contributed by atoms with van der Waals surface area (Å²) in [6.07, 6.45) is 3.90. The molecule has 0 aromatic heterocycles. The van der Waals surface area contributed by atoms with Gasteiger partial charge in [-0.25, -0.2) is 4.79 Å². The van der Waals surface area contributed by atoms with Crippen molar-refractivity contribution in [1.29, 1.82) is 0 Å². The first-order valence-corrected chi connectivity index (χ1v) is 15.2. The van der Waals surface area contributed by atoms with Crippen molar-refractivity contribution in [2.24, 2.45) is 0 Å². The molecule has 0 saturated heterocycles. The van der Waals surface area contributed by atoms with Gasteiger partial charge in [0, 0.05) is 6.08 Å². The van der Waals surface area contributed by atoms with Crippen molar-refractivity contribution in [1.82, 2.24) is 5.23 Å². The number of carbonyl (C=O) groups is 1. The molecule has 0 spiro atoms. The number of methoxy groups -OCH3 is 1. The average Bonchev–Trinajstić information content (AvgIpc) is 2.43. The Morgan fingerprint density at radius 3 is 1.65 bits per heavy atom. The Labute approximate surface area is 163 Å². The third-order valence-corrected chi connectivity index (χ3v) is 14.0. The molecule has 0 radical (unpaired) electrons. The number of ether oxygens (including phenoxy) is 1. The molecule has 0 aliphatic rings. The van der Waals surface area contributed by atoms with E-state index in [1.807, 2.05) is 6.08 Å². The third kappa shape index (κ3) is 7.64. The number of esters is 1. The predicted octanol–water partition coefficient (Wildman–Crippen LogP) is 5.67. The van der Waals surface area contributed by atoms with Gasteiger partial charge in [0.05, 0.1) is 13.2 Å². The van der Waals surface area contributed by atoms with Gasteiger partial charge in [0.15, 0.2) is 0 Å². The lowest BCUT2D eigenvalue weighted by Gasteiger charge is -2.46. The summed E-state index contributed by atoms with van der Waals surface area (Å²) < 4.78 is 17.7. The van der Waals surface area contributed by atoms with Crippen molar-refractivity contribution in [2.75, 3.05) is 7.11 Å². The fraction of sp³-hybridized carbons (Fsp3) is 0.842. The zero-order valence-corrected chi connectivity index (χ0v) is 21.0. The third-order valence-electron chi connectivity index (χ3n) is 5.54. The van der Waals surface area contributed by atoms with Crippen molar-refractivity contribution in [3.8, 4) is 0 Å². The molecule has 0 amide bonds. The van der Waals surface area contributed by atoms with Gasteiger partial charge in [-0.15, -0.1) is 0 Å². The van der Waals surface area contributed by atoms with Crippen LogP contribution in [-0.4, -0.2) is 41.0 Å². The summed E-state index contributed by atoms with van der Waals surface area (Å²) in [5.74, 6) is -0.348. The molecule has 1 atom stereocenters. The predicted molar refractivity (Wildman–Crippen MR) is 114 cm³/mol. The molecule has 0 saturated carbocycles. The molecule has 0 fully saturated rings. The Hall–Kier alpha value is -0.476. The fourth-order valence-electron chi connectivity index (χ4n) is 1.44. The Bertz CT molecular complexity index is 463. The molecule has 154 valence electrons. The Morgan fingerprint density at radius 2 is 1.35 bits per heavy atom. The van der Waals surface area contributed by atoms with Crippen molar-refractivity contribution in [3.05, 3.63) is 12.2 Å². The number of hydroxylamine groups is 2. The molecule has 0 rings (SSSR count). The molecule has 1 unspecified atom stereocenters. The molecular formula is C19H41NO4Si2. The first-order valence-electron chi connectivity index (χ1n) is 9.36. The van der Waals surface area contributed by atoms with Crippen LogP contribution in [-0.2, 0) is 18.6 Å². The fourth-order valence-corrected chi connectivity index (χ4v) is 3.39. The highest BCUT2D eigenvalue weighted by Crippen LogP contribution is 2.41. The lowest BCUT2D eigenvalue weighted by Crippen LogP contribution is -2.54. The number of hydrogen-bond acceptors (Lipinski definition) is 5. The number of hydrogen-bond donors (Lipinski definition) is 0. The quantitative estimate of drug-likeness (QED) is 0.226.